The Labute approximate surface area is 135 Å². The number of esters is 1. The van der Waals surface area contributed by atoms with Crippen LogP contribution < -0.4 is 4.72 Å². The Kier molecular flexibility index (Phi) is 5.94. The van der Waals surface area contributed by atoms with Crippen molar-refractivity contribution in [2.45, 2.75) is 37.1 Å². The summed E-state index contributed by atoms with van der Waals surface area (Å²) in [6, 6.07) is 5.59. The highest BCUT2D eigenvalue weighted by molar-refractivity contribution is 7.89. The van der Waals surface area contributed by atoms with Crippen LogP contribution in [0.4, 0.5) is 0 Å². The summed E-state index contributed by atoms with van der Waals surface area (Å²) in [5.74, 6) is -0.669. The molecule has 0 bridgehead atoms. The quantitative estimate of drug-likeness (QED) is 0.798. The molecule has 0 aliphatic carbocycles. The zero-order valence-corrected chi connectivity index (χ0v) is 14.1. The number of nitriles is 1. The topological polar surface area (TPSA) is 96.3 Å². The van der Waals surface area contributed by atoms with Gasteiger partial charge in [-0.25, -0.2) is 8.42 Å². The first-order chi connectivity index (χ1) is 10.2. The molecule has 0 fully saturated rings. The van der Waals surface area contributed by atoms with E-state index in [2.05, 4.69) is 9.46 Å². The molecule has 0 radical (unpaired) electrons. The van der Waals surface area contributed by atoms with Crippen molar-refractivity contribution < 1.29 is 17.9 Å². The van der Waals surface area contributed by atoms with Crippen molar-refractivity contribution in [1.82, 2.24) is 4.72 Å². The largest absolute Gasteiger partial charge is 0.468 e. The standard InChI is InChI=1S/C14H17ClN2O4S/c1-4-7-14(2,13(18)21-3)17-22(19,20)11-6-5-10(9-16)12(15)8-11/h5-6,8,17H,4,7H2,1-3H3. The lowest BCUT2D eigenvalue weighted by molar-refractivity contribution is -0.147. The summed E-state index contributed by atoms with van der Waals surface area (Å²) in [4.78, 5) is 11.8. The van der Waals surface area contributed by atoms with E-state index in [1.807, 2.05) is 13.0 Å². The van der Waals surface area contributed by atoms with Crippen LogP contribution in [-0.4, -0.2) is 27.0 Å². The van der Waals surface area contributed by atoms with Crippen molar-refractivity contribution in [3.63, 3.8) is 0 Å². The SMILES string of the molecule is CCCC(C)(NS(=O)(=O)c1ccc(C#N)c(Cl)c1)C(=O)OC. The molecule has 0 spiro atoms. The van der Waals surface area contributed by atoms with Crippen molar-refractivity contribution in [2.24, 2.45) is 0 Å². The third-order valence-electron chi connectivity index (χ3n) is 3.12. The van der Waals surface area contributed by atoms with Gasteiger partial charge in [-0.2, -0.15) is 9.98 Å². The molecule has 0 saturated heterocycles. The smallest absolute Gasteiger partial charge is 0.326 e. The minimum Gasteiger partial charge on any atom is -0.468 e. The van der Waals surface area contributed by atoms with Crippen LogP contribution in [0.25, 0.3) is 0 Å². The van der Waals surface area contributed by atoms with Gasteiger partial charge in [0.2, 0.25) is 10.0 Å². The van der Waals surface area contributed by atoms with Gasteiger partial charge in [-0.3, -0.25) is 4.79 Å². The van der Waals surface area contributed by atoms with E-state index < -0.39 is 21.5 Å². The second-order valence-electron chi connectivity index (χ2n) is 4.93. The summed E-state index contributed by atoms with van der Waals surface area (Å²) in [6.45, 7) is 3.29. The van der Waals surface area contributed by atoms with E-state index in [0.717, 1.165) is 0 Å². The number of methoxy groups -OCH3 is 1. The van der Waals surface area contributed by atoms with E-state index in [0.29, 0.717) is 6.42 Å². The van der Waals surface area contributed by atoms with E-state index in [1.54, 1.807) is 0 Å². The van der Waals surface area contributed by atoms with Crippen molar-refractivity contribution >= 4 is 27.6 Å². The van der Waals surface area contributed by atoms with E-state index >= 15 is 0 Å². The Morgan fingerprint density at radius 2 is 2.14 bits per heavy atom. The first-order valence-electron chi connectivity index (χ1n) is 6.52. The summed E-state index contributed by atoms with van der Waals surface area (Å²) in [6.07, 6.45) is 0.866. The molecule has 1 N–H and O–H groups in total. The first kappa shape index (κ1) is 18.4. The number of rotatable bonds is 6. The number of carbonyl (C=O) groups excluding carboxylic acids is 1. The maximum absolute atomic E-state index is 12.4. The molecule has 1 aromatic rings. The molecule has 0 aliphatic rings. The second kappa shape index (κ2) is 7.09. The zero-order valence-electron chi connectivity index (χ0n) is 12.5. The average molecular weight is 345 g/mol. The number of nitrogens with one attached hydrogen (secondary N) is 1. The molecule has 6 nitrogen and oxygen atoms in total. The van der Waals surface area contributed by atoms with Crippen LogP contribution in [0.3, 0.4) is 0 Å². The maximum atomic E-state index is 12.4. The fraction of sp³-hybridized carbons (Fsp3) is 0.429. The van der Waals surface area contributed by atoms with Gasteiger partial charge in [0, 0.05) is 0 Å². The Hall–Kier alpha value is -1.62. The van der Waals surface area contributed by atoms with Crippen molar-refractivity contribution in [3.8, 4) is 6.07 Å². The maximum Gasteiger partial charge on any atom is 0.326 e. The van der Waals surface area contributed by atoms with Gasteiger partial charge in [0.15, 0.2) is 0 Å². The minimum atomic E-state index is -3.99. The molecule has 120 valence electrons. The summed E-state index contributed by atoms with van der Waals surface area (Å²) < 4.78 is 31.9. The highest BCUT2D eigenvalue weighted by atomic mass is 35.5. The molecular weight excluding hydrogens is 328 g/mol. The predicted molar refractivity (Wildman–Crippen MR) is 81.8 cm³/mol. The van der Waals surface area contributed by atoms with Gasteiger partial charge in [-0.15, -0.1) is 0 Å². The normalized spacial score (nSPS) is 14.0. The van der Waals surface area contributed by atoms with Crippen molar-refractivity contribution in [3.05, 3.63) is 28.8 Å². The number of hydrogen-bond donors (Lipinski definition) is 1. The van der Waals surface area contributed by atoms with E-state index in [9.17, 15) is 13.2 Å². The van der Waals surface area contributed by atoms with Gasteiger partial charge >= 0.3 is 5.97 Å². The van der Waals surface area contributed by atoms with Crippen LogP contribution in [0, 0.1) is 11.3 Å². The lowest BCUT2D eigenvalue weighted by Crippen LogP contribution is -2.52. The summed E-state index contributed by atoms with van der Waals surface area (Å²) in [7, 11) is -2.79. The summed E-state index contributed by atoms with van der Waals surface area (Å²) >= 11 is 5.85. The molecular formula is C14H17ClN2O4S. The van der Waals surface area contributed by atoms with Gasteiger partial charge in [0.1, 0.15) is 11.6 Å². The lowest BCUT2D eigenvalue weighted by Gasteiger charge is -2.27. The van der Waals surface area contributed by atoms with Crippen LogP contribution in [0.15, 0.2) is 23.1 Å². The van der Waals surface area contributed by atoms with E-state index in [1.165, 1.54) is 32.2 Å². The van der Waals surface area contributed by atoms with Crippen molar-refractivity contribution in [1.29, 1.82) is 5.26 Å². The van der Waals surface area contributed by atoms with Gasteiger partial charge in [-0.05, 0) is 31.5 Å². The molecule has 8 heteroatoms. The summed E-state index contributed by atoms with van der Waals surface area (Å²) in [5.41, 5.74) is -1.20. The fourth-order valence-corrected chi connectivity index (χ4v) is 3.73. The number of halogens is 1. The molecule has 0 aliphatic heterocycles. The lowest BCUT2D eigenvalue weighted by atomic mass is 9.98. The van der Waals surface area contributed by atoms with Crippen molar-refractivity contribution in [2.75, 3.05) is 7.11 Å². The Balaban J connectivity index is 3.21. The number of hydrogen-bond acceptors (Lipinski definition) is 5. The Bertz CT molecular complexity index is 712. The van der Waals surface area contributed by atoms with Crippen LogP contribution in [-0.2, 0) is 19.6 Å². The molecule has 0 heterocycles. The molecule has 0 amide bonds. The molecule has 1 unspecified atom stereocenters. The number of ether oxygens (including phenoxy) is 1. The van der Waals surface area contributed by atoms with Gasteiger partial charge in [0.05, 0.1) is 22.6 Å². The average Bonchev–Trinajstić information content (AvgIpc) is 2.45. The highest BCUT2D eigenvalue weighted by Crippen LogP contribution is 2.23. The molecule has 1 rings (SSSR count). The number of sulfonamides is 1. The highest BCUT2D eigenvalue weighted by Gasteiger charge is 2.38. The number of carbonyl (C=O) groups is 1. The van der Waals surface area contributed by atoms with Crippen LogP contribution >= 0.6 is 11.6 Å². The van der Waals surface area contributed by atoms with E-state index in [-0.39, 0.29) is 21.9 Å². The van der Waals surface area contributed by atoms with E-state index in [4.69, 9.17) is 16.9 Å². The first-order valence-corrected chi connectivity index (χ1v) is 8.38. The molecule has 0 aromatic heterocycles. The molecule has 1 aromatic carbocycles. The fourth-order valence-electron chi connectivity index (χ4n) is 2.03. The van der Waals surface area contributed by atoms with Gasteiger partial charge in [-0.1, -0.05) is 24.9 Å². The molecule has 0 saturated carbocycles. The van der Waals surface area contributed by atoms with Gasteiger partial charge in [0.25, 0.3) is 0 Å². The van der Waals surface area contributed by atoms with Crippen LogP contribution in [0.5, 0.6) is 0 Å². The Morgan fingerprint density at radius 1 is 1.50 bits per heavy atom. The molecule has 1 atom stereocenters. The van der Waals surface area contributed by atoms with Gasteiger partial charge < -0.3 is 4.74 Å². The second-order valence-corrected chi connectivity index (χ2v) is 7.02. The monoisotopic (exact) mass is 344 g/mol. The zero-order chi connectivity index (χ0) is 17.0. The predicted octanol–water partition coefficient (Wildman–Crippen LogP) is 2.22. The third kappa shape index (κ3) is 3.97. The Morgan fingerprint density at radius 3 is 2.59 bits per heavy atom. The molecule has 22 heavy (non-hydrogen) atoms. The number of nitrogens with zero attached hydrogens (tertiary/aromatic N) is 1. The summed E-state index contributed by atoms with van der Waals surface area (Å²) in [5, 5.41) is 8.84. The van der Waals surface area contributed by atoms with Crippen LogP contribution in [0.1, 0.15) is 32.3 Å². The third-order valence-corrected chi connectivity index (χ3v) is 5.02. The minimum absolute atomic E-state index is 0.0284. The van der Waals surface area contributed by atoms with Crippen LogP contribution in [0.2, 0.25) is 5.02 Å². The number of benzene rings is 1.